The molecule has 0 bridgehead atoms. The molecule has 0 radical (unpaired) electrons. The predicted molar refractivity (Wildman–Crippen MR) is 82.4 cm³/mol. The number of nitrogens with zero attached hydrogens (tertiary/aromatic N) is 4. The maximum absolute atomic E-state index is 5.92. The van der Waals surface area contributed by atoms with Crippen LogP contribution in [-0.4, -0.2) is 35.1 Å². The Hall–Kier alpha value is -1.88. The fourth-order valence-corrected chi connectivity index (χ4v) is 1.94. The van der Waals surface area contributed by atoms with E-state index in [1.807, 2.05) is 37.1 Å². The van der Waals surface area contributed by atoms with E-state index in [4.69, 9.17) is 11.6 Å². The summed E-state index contributed by atoms with van der Waals surface area (Å²) in [6.45, 7) is 3.54. The van der Waals surface area contributed by atoms with E-state index in [1.165, 1.54) is 5.56 Å². The van der Waals surface area contributed by atoms with Crippen LogP contribution in [0, 0.1) is 0 Å². The van der Waals surface area contributed by atoms with Crippen molar-refractivity contribution in [1.82, 2.24) is 15.0 Å². The van der Waals surface area contributed by atoms with Crippen LogP contribution in [0.5, 0.6) is 0 Å². The molecule has 20 heavy (non-hydrogen) atoms. The summed E-state index contributed by atoms with van der Waals surface area (Å²) in [6.07, 6.45) is 0.928. The number of halogens is 1. The lowest BCUT2D eigenvalue weighted by atomic mass is 10.1. The topological polar surface area (TPSA) is 53.9 Å². The highest BCUT2D eigenvalue weighted by atomic mass is 35.5. The first kappa shape index (κ1) is 14.5. The van der Waals surface area contributed by atoms with Gasteiger partial charge in [-0.05, 0) is 30.5 Å². The summed E-state index contributed by atoms with van der Waals surface area (Å²) in [5.41, 5.74) is 1.28. The first-order valence-corrected chi connectivity index (χ1v) is 6.97. The minimum absolute atomic E-state index is 0.206. The first-order chi connectivity index (χ1) is 9.69. The highest BCUT2D eigenvalue weighted by Gasteiger charge is 2.09. The van der Waals surface area contributed by atoms with Gasteiger partial charge in [-0.2, -0.15) is 15.0 Å². The second-order valence-electron chi connectivity index (χ2n) is 4.42. The molecule has 0 aliphatic rings. The van der Waals surface area contributed by atoms with Gasteiger partial charge in [0.1, 0.15) is 0 Å². The molecule has 0 fully saturated rings. The van der Waals surface area contributed by atoms with Gasteiger partial charge in [0.2, 0.25) is 17.2 Å². The normalized spacial score (nSPS) is 10.3. The molecule has 0 saturated heterocycles. The summed E-state index contributed by atoms with van der Waals surface area (Å²) in [4.78, 5) is 14.5. The molecule has 0 aliphatic heterocycles. The zero-order chi connectivity index (χ0) is 14.4. The highest BCUT2D eigenvalue weighted by Crippen LogP contribution is 2.13. The third-order valence-corrected chi connectivity index (χ3v) is 3.02. The van der Waals surface area contributed by atoms with Gasteiger partial charge in [-0.3, -0.25) is 0 Å². The van der Waals surface area contributed by atoms with E-state index >= 15 is 0 Å². The van der Waals surface area contributed by atoms with Crippen LogP contribution in [0.1, 0.15) is 12.5 Å². The maximum Gasteiger partial charge on any atom is 0.231 e. The van der Waals surface area contributed by atoms with Gasteiger partial charge < -0.3 is 10.2 Å². The number of aromatic nitrogens is 3. The number of hydrogen-bond acceptors (Lipinski definition) is 5. The van der Waals surface area contributed by atoms with Crippen molar-refractivity contribution in [2.45, 2.75) is 13.3 Å². The zero-order valence-electron chi connectivity index (χ0n) is 11.7. The molecule has 106 valence electrons. The second-order valence-corrected chi connectivity index (χ2v) is 4.75. The highest BCUT2D eigenvalue weighted by molar-refractivity contribution is 6.28. The van der Waals surface area contributed by atoms with Crippen LogP contribution < -0.4 is 10.2 Å². The van der Waals surface area contributed by atoms with Crippen LogP contribution in [0.15, 0.2) is 30.3 Å². The molecule has 1 aromatic carbocycles. The Balaban J connectivity index is 2.03. The molecule has 0 amide bonds. The number of likely N-dealkylation sites (N-methyl/N-ethyl adjacent to an activating group) is 1. The fourth-order valence-electron chi connectivity index (χ4n) is 1.79. The Morgan fingerprint density at radius 3 is 2.60 bits per heavy atom. The molecular weight excluding hydrogens is 274 g/mol. The number of benzene rings is 1. The predicted octanol–water partition coefficient (Wildman–Crippen LogP) is 2.64. The number of rotatable bonds is 6. The van der Waals surface area contributed by atoms with Gasteiger partial charge in [-0.1, -0.05) is 30.3 Å². The Bertz CT molecular complexity index is 547. The third-order valence-electron chi connectivity index (χ3n) is 2.85. The summed E-state index contributed by atoms with van der Waals surface area (Å²) in [6, 6.07) is 10.3. The van der Waals surface area contributed by atoms with Crippen LogP contribution in [0.3, 0.4) is 0 Å². The van der Waals surface area contributed by atoms with Crippen molar-refractivity contribution in [2.75, 3.05) is 30.4 Å². The molecule has 1 N–H and O–H groups in total. The SMILES string of the molecule is CCNc1nc(Cl)nc(N(C)CCc2ccccc2)n1. The molecule has 0 saturated carbocycles. The molecule has 0 atom stereocenters. The summed E-state index contributed by atoms with van der Waals surface area (Å²) < 4.78 is 0. The van der Waals surface area contributed by atoms with Gasteiger partial charge in [0.15, 0.2) is 0 Å². The molecule has 0 unspecified atom stereocenters. The molecule has 1 heterocycles. The van der Waals surface area contributed by atoms with E-state index in [9.17, 15) is 0 Å². The molecular formula is C14H18ClN5. The fraction of sp³-hybridized carbons (Fsp3) is 0.357. The van der Waals surface area contributed by atoms with Crippen LogP contribution in [0.4, 0.5) is 11.9 Å². The summed E-state index contributed by atoms with van der Waals surface area (Å²) in [5, 5.41) is 3.25. The molecule has 2 rings (SSSR count). The van der Waals surface area contributed by atoms with Crippen molar-refractivity contribution in [3.05, 3.63) is 41.2 Å². The Kier molecular flexibility index (Phi) is 5.12. The van der Waals surface area contributed by atoms with Crippen LogP contribution >= 0.6 is 11.6 Å². The minimum Gasteiger partial charge on any atom is -0.354 e. The molecule has 0 spiro atoms. The maximum atomic E-state index is 5.92. The summed E-state index contributed by atoms with van der Waals surface area (Å²) >= 11 is 5.92. The third kappa shape index (κ3) is 4.06. The van der Waals surface area contributed by atoms with Crippen LogP contribution in [0.25, 0.3) is 0 Å². The van der Waals surface area contributed by atoms with Gasteiger partial charge in [-0.15, -0.1) is 0 Å². The van der Waals surface area contributed by atoms with Gasteiger partial charge in [0, 0.05) is 20.1 Å². The molecule has 0 aliphatic carbocycles. The lowest BCUT2D eigenvalue weighted by molar-refractivity contribution is 0.828. The minimum atomic E-state index is 0.206. The van der Waals surface area contributed by atoms with Crippen molar-refractivity contribution >= 4 is 23.5 Å². The van der Waals surface area contributed by atoms with Gasteiger partial charge in [-0.25, -0.2) is 0 Å². The number of hydrogen-bond donors (Lipinski definition) is 1. The van der Waals surface area contributed by atoms with E-state index in [0.717, 1.165) is 19.5 Å². The standard InChI is InChI=1S/C14H18ClN5/c1-3-16-13-17-12(15)18-14(19-13)20(2)10-9-11-7-5-4-6-8-11/h4-8H,3,9-10H2,1-2H3,(H,16,17,18,19). The Morgan fingerprint density at radius 2 is 1.90 bits per heavy atom. The van der Waals surface area contributed by atoms with Gasteiger partial charge >= 0.3 is 0 Å². The molecule has 1 aromatic heterocycles. The summed E-state index contributed by atoms with van der Waals surface area (Å²) in [7, 11) is 1.95. The first-order valence-electron chi connectivity index (χ1n) is 6.59. The van der Waals surface area contributed by atoms with Crippen LogP contribution in [0.2, 0.25) is 5.28 Å². The smallest absolute Gasteiger partial charge is 0.231 e. The second kappa shape index (κ2) is 7.05. The monoisotopic (exact) mass is 291 g/mol. The molecule has 6 heteroatoms. The average molecular weight is 292 g/mol. The summed E-state index contributed by atoms with van der Waals surface area (Å²) in [5.74, 6) is 1.09. The molecule has 5 nitrogen and oxygen atoms in total. The van der Waals surface area contributed by atoms with E-state index in [2.05, 4.69) is 32.4 Å². The van der Waals surface area contributed by atoms with Crippen LogP contribution in [-0.2, 0) is 6.42 Å². The zero-order valence-corrected chi connectivity index (χ0v) is 12.4. The largest absolute Gasteiger partial charge is 0.354 e. The number of nitrogens with one attached hydrogen (secondary N) is 1. The van der Waals surface area contributed by atoms with Crippen molar-refractivity contribution < 1.29 is 0 Å². The Labute approximate surface area is 124 Å². The van der Waals surface area contributed by atoms with E-state index in [0.29, 0.717) is 11.9 Å². The number of anilines is 2. The molecule has 2 aromatic rings. The van der Waals surface area contributed by atoms with E-state index in [1.54, 1.807) is 0 Å². The van der Waals surface area contributed by atoms with E-state index < -0.39 is 0 Å². The van der Waals surface area contributed by atoms with Crippen molar-refractivity contribution in [3.63, 3.8) is 0 Å². The van der Waals surface area contributed by atoms with Crippen molar-refractivity contribution in [3.8, 4) is 0 Å². The van der Waals surface area contributed by atoms with Crippen molar-refractivity contribution in [2.24, 2.45) is 0 Å². The lowest BCUT2D eigenvalue weighted by Gasteiger charge is -2.17. The quantitative estimate of drug-likeness (QED) is 0.887. The van der Waals surface area contributed by atoms with Crippen molar-refractivity contribution in [1.29, 1.82) is 0 Å². The van der Waals surface area contributed by atoms with Gasteiger partial charge in [0.25, 0.3) is 0 Å². The van der Waals surface area contributed by atoms with Gasteiger partial charge in [0.05, 0.1) is 0 Å². The van der Waals surface area contributed by atoms with E-state index in [-0.39, 0.29) is 5.28 Å². The average Bonchev–Trinajstić information content (AvgIpc) is 2.45. The lowest BCUT2D eigenvalue weighted by Crippen LogP contribution is -2.23. The Morgan fingerprint density at radius 1 is 1.15 bits per heavy atom.